The Kier molecular flexibility index (Phi) is 7.20. The molecule has 31 heavy (non-hydrogen) atoms. The lowest BCUT2D eigenvalue weighted by Gasteiger charge is -2.37. The van der Waals surface area contributed by atoms with Gasteiger partial charge in [-0.15, -0.1) is 0 Å². The first-order valence-corrected chi connectivity index (χ1v) is 11.3. The Morgan fingerprint density at radius 2 is 1.55 bits per heavy atom. The molecule has 1 amide bonds. The van der Waals surface area contributed by atoms with Gasteiger partial charge < -0.3 is 4.90 Å². The molecule has 3 rings (SSSR count). The van der Waals surface area contributed by atoms with Crippen molar-refractivity contribution < 1.29 is 26.4 Å². The molecule has 0 spiro atoms. The number of amides is 1. The highest BCUT2D eigenvalue weighted by atomic mass is 32.2. The van der Waals surface area contributed by atoms with Gasteiger partial charge >= 0.3 is 6.18 Å². The van der Waals surface area contributed by atoms with Crippen molar-refractivity contribution in [1.82, 2.24) is 19.0 Å². The van der Waals surface area contributed by atoms with Gasteiger partial charge in [0, 0.05) is 52.4 Å². The lowest BCUT2D eigenvalue weighted by atomic mass is 10.2. The average Bonchev–Trinajstić information content (AvgIpc) is 2.74. The van der Waals surface area contributed by atoms with Crippen LogP contribution in [0.15, 0.2) is 29.2 Å². The first-order chi connectivity index (χ1) is 14.6. The van der Waals surface area contributed by atoms with Crippen LogP contribution >= 0.6 is 0 Å². The van der Waals surface area contributed by atoms with Crippen molar-refractivity contribution in [1.29, 1.82) is 5.26 Å². The predicted octanol–water partition coefficient (Wildman–Crippen LogP) is 0.571. The number of piperazine rings is 2. The van der Waals surface area contributed by atoms with Crippen molar-refractivity contribution in [3.05, 3.63) is 29.8 Å². The molecule has 0 saturated carbocycles. The smallest absolute Gasteiger partial charge is 0.339 e. The van der Waals surface area contributed by atoms with Crippen LogP contribution in [0.5, 0.6) is 0 Å². The quantitative estimate of drug-likeness (QED) is 0.640. The number of hydrogen-bond donors (Lipinski definition) is 0. The first-order valence-electron chi connectivity index (χ1n) is 9.89. The van der Waals surface area contributed by atoms with Crippen LogP contribution < -0.4 is 0 Å². The molecule has 0 aliphatic carbocycles. The molecule has 1 aromatic carbocycles. The number of carbonyl (C=O) groups excluding carboxylic acids is 1. The highest BCUT2D eigenvalue weighted by molar-refractivity contribution is 7.89. The fourth-order valence-electron chi connectivity index (χ4n) is 3.75. The van der Waals surface area contributed by atoms with E-state index in [2.05, 4.69) is 0 Å². The summed E-state index contributed by atoms with van der Waals surface area (Å²) in [6.07, 6.45) is -4.23. The second-order valence-electron chi connectivity index (χ2n) is 7.56. The van der Waals surface area contributed by atoms with Gasteiger partial charge in [-0.2, -0.15) is 22.7 Å². The van der Waals surface area contributed by atoms with Crippen LogP contribution in [-0.4, -0.2) is 105 Å². The Morgan fingerprint density at radius 1 is 0.968 bits per heavy atom. The summed E-state index contributed by atoms with van der Waals surface area (Å²) in [7, 11) is -3.84. The van der Waals surface area contributed by atoms with Crippen LogP contribution in [-0.2, 0) is 14.8 Å². The zero-order valence-corrected chi connectivity index (χ0v) is 17.7. The maximum atomic E-state index is 12.9. The van der Waals surface area contributed by atoms with E-state index in [1.807, 2.05) is 11.0 Å². The number of nitrogens with zero attached hydrogens (tertiary/aromatic N) is 5. The molecule has 0 aromatic heterocycles. The molecule has 2 saturated heterocycles. The fourth-order valence-corrected chi connectivity index (χ4v) is 5.32. The lowest BCUT2D eigenvalue weighted by molar-refractivity contribution is -0.150. The maximum absolute atomic E-state index is 12.9. The van der Waals surface area contributed by atoms with E-state index in [-0.39, 0.29) is 62.2 Å². The van der Waals surface area contributed by atoms with Crippen molar-refractivity contribution in [2.45, 2.75) is 11.1 Å². The van der Waals surface area contributed by atoms with Crippen LogP contribution in [0.1, 0.15) is 5.56 Å². The van der Waals surface area contributed by atoms with E-state index in [4.69, 9.17) is 0 Å². The van der Waals surface area contributed by atoms with Gasteiger partial charge in [-0.3, -0.25) is 14.6 Å². The van der Waals surface area contributed by atoms with E-state index in [9.17, 15) is 31.6 Å². The topological polar surface area (TPSA) is 88.0 Å². The molecule has 0 atom stereocenters. The van der Waals surface area contributed by atoms with Gasteiger partial charge in [-0.25, -0.2) is 8.42 Å². The van der Waals surface area contributed by atoms with E-state index < -0.39 is 22.7 Å². The standard InChI is InChI=1S/C19H24F3N5O3S/c20-19(21,22)15-25-7-5-24(6-8-25)14-18(28)26-9-11-27(12-10-26)31(29,30)17-4-2-1-3-16(17)13-23/h1-4H,5-12,14-15H2. The Labute approximate surface area is 179 Å². The number of alkyl halides is 3. The molecule has 1 aromatic rings. The molecule has 2 fully saturated rings. The number of sulfonamides is 1. The number of benzene rings is 1. The Morgan fingerprint density at radius 3 is 2.13 bits per heavy atom. The average molecular weight is 459 g/mol. The van der Waals surface area contributed by atoms with Gasteiger partial charge in [0.05, 0.1) is 23.5 Å². The molecule has 12 heteroatoms. The van der Waals surface area contributed by atoms with Crippen molar-refractivity contribution in [2.24, 2.45) is 0 Å². The summed E-state index contributed by atoms with van der Waals surface area (Å²) in [5.41, 5.74) is 0.0747. The second-order valence-corrected chi connectivity index (χ2v) is 9.47. The number of halogens is 3. The van der Waals surface area contributed by atoms with Crippen LogP contribution in [0.3, 0.4) is 0 Å². The number of carbonyl (C=O) groups is 1. The summed E-state index contributed by atoms with van der Waals surface area (Å²) in [6, 6.07) is 7.88. The third kappa shape index (κ3) is 5.94. The second kappa shape index (κ2) is 9.52. The first kappa shape index (κ1) is 23.5. The fraction of sp³-hybridized carbons (Fsp3) is 0.579. The van der Waals surface area contributed by atoms with Crippen molar-refractivity contribution in [3.63, 3.8) is 0 Å². The molecule has 170 valence electrons. The van der Waals surface area contributed by atoms with E-state index in [0.29, 0.717) is 13.1 Å². The minimum Gasteiger partial charge on any atom is -0.339 e. The summed E-state index contributed by atoms with van der Waals surface area (Å²) in [5, 5.41) is 9.17. The van der Waals surface area contributed by atoms with Crippen molar-refractivity contribution >= 4 is 15.9 Å². The Balaban J connectivity index is 1.50. The Hall–Kier alpha value is -2.20. The minimum absolute atomic E-state index is 0.0472. The van der Waals surface area contributed by atoms with Crippen LogP contribution in [0.25, 0.3) is 0 Å². The van der Waals surface area contributed by atoms with Crippen LogP contribution in [0.4, 0.5) is 13.2 Å². The van der Waals surface area contributed by atoms with Crippen LogP contribution in [0, 0.1) is 11.3 Å². The van der Waals surface area contributed by atoms with Gasteiger partial charge in [-0.1, -0.05) is 12.1 Å². The minimum atomic E-state index is -4.23. The molecule has 0 radical (unpaired) electrons. The summed E-state index contributed by atoms with van der Waals surface area (Å²) in [5.74, 6) is -0.168. The monoisotopic (exact) mass is 459 g/mol. The maximum Gasteiger partial charge on any atom is 0.401 e. The molecular weight excluding hydrogens is 435 g/mol. The van der Waals surface area contributed by atoms with Gasteiger partial charge in [0.2, 0.25) is 15.9 Å². The molecular formula is C19H24F3N5O3S. The molecule has 0 unspecified atom stereocenters. The highest BCUT2D eigenvalue weighted by Gasteiger charge is 2.34. The third-order valence-corrected chi connectivity index (χ3v) is 7.40. The molecule has 2 aliphatic heterocycles. The summed E-state index contributed by atoms with van der Waals surface area (Å²) >= 11 is 0. The highest BCUT2D eigenvalue weighted by Crippen LogP contribution is 2.21. The molecule has 2 heterocycles. The van der Waals surface area contributed by atoms with E-state index in [1.165, 1.54) is 21.3 Å². The SMILES string of the molecule is N#Cc1ccccc1S(=O)(=O)N1CCN(C(=O)CN2CCN(CC(F)(F)F)CC2)CC1. The van der Waals surface area contributed by atoms with Crippen LogP contribution in [0.2, 0.25) is 0 Å². The molecule has 2 aliphatic rings. The largest absolute Gasteiger partial charge is 0.401 e. The number of hydrogen-bond acceptors (Lipinski definition) is 6. The van der Waals surface area contributed by atoms with Crippen molar-refractivity contribution in [2.75, 3.05) is 65.4 Å². The lowest BCUT2D eigenvalue weighted by Crippen LogP contribution is -2.55. The molecule has 8 nitrogen and oxygen atoms in total. The molecule has 0 N–H and O–H groups in total. The normalized spacial score (nSPS) is 19.9. The zero-order chi connectivity index (χ0) is 22.6. The zero-order valence-electron chi connectivity index (χ0n) is 16.9. The van der Waals surface area contributed by atoms with Gasteiger partial charge in [0.1, 0.15) is 6.07 Å². The summed E-state index contributed by atoms with van der Waals surface area (Å²) < 4.78 is 64.4. The molecule has 0 bridgehead atoms. The number of rotatable bonds is 5. The van der Waals surface area contributed by atoms with Crippen molar-refractivity contribution in [3.8, 4) is 6.07 Å². The van der Waals surface area contributed by atoms with Gasteiger partial charge in [0.15, 0.2) is 0 Å². The predicted molar refractivity (Wildman–Crippen MR) is 105 cm³/mol. The summed E-state index contributed by atoms with van der Waals surface area (Å²) in [4.78, 5) is 17.3. The Bertz CT molecular complexity index is 932. The van der Waals surface area contributed by atoms with Gasteiger partial charge in [0.25, 0.3) is 0 Å². The van der Waals surface area contributed by atoms with E-state index in [1.54, 1.807) is 17.0 Å². The van der Waals surface area contributed by atoms with E-state index in [0.717, 1.165) is 0 Å². The number of nitriles is 1. The summed E-state index contributed by atoms with van der Waals surface area (Å²) in [6.45, 7) is 1.09. The van der Waals surface area contributed by atoms with Gasteiger partial charge in [-0.05, 0) is 12.1 Å². The third-order valence-electron chi connectivity index (χ3n) is 5.44. The van der Waals surface area contributed by atoms with E-state index >= 15 is 0 Å².